The van der Waals surface area contributed by atoms with Crippen LogP contribution in [-0.2, 0) is 4.79 Å². The second-order valence-corrected chi connectivity index (χ2v) is 16.5. The van der Waals surface area contributed by atoms with E-state index in [-0.39, 0.29) is 12.5 Å². The van der Waals surface area contributed by atoms with Gasteiger partial charge in [0.25, 0.3) is 0 Å². The standard InChI is InChI=1S/C48H95NO3/c1-3-5-7-9-11-13-15-16-17-18-19-20-21-22-23-24-25-26-27-28-29-30-31-32-34-35-37-39-41-43-47(51)46(45-50)49-48(52)44-42-40-38-36-33-14-12-10-8-6-4-2/h10,12,46-47,50-51H,3-9,11,13-45H2,1-2H3,(H,49,52)/b12-10-. The normalized spacial score (nSPS) is 12.9. The van der Waals surface area contributed by atoms with Crippen molar-refractivity contribution in [3.05, 3.63) is 12.2 Å². The molecular weight excluding hydrogens is 639 g/mol. The fourth-order valence-electron chi connectivity index (χ4n) is 7.58. The Hall–Kier alpha value is -0.870. The molecule has 0 heterocycles. The number of rotatable bonds is 44. The smallest absolute Gasteiger partial charge is 0.220 e. The second-order valence-electron chi connectivity index (χ2n) is 16.5. The van der Waals surface area contributed by atoms with Gasteiger partial charge in [-0.25, -0.2) is 0 Å². The van der Waals surface area contributed by atoms with E-state index in [1.165, 1.54) is 218 Å². The van der Waals surface area contributed by atoms with Crippen LogP contribution in [-0.4, -0.2) is 34.9 Å². The van der Waals surface area contributed by atoms with E-state index in [9.17, 15) is 15.0 Å². The van der Waals surface area contributed by atoms with Gasteiger partial charge in [0, 0.05) is 6.42 Å². The molecule has 0 bridgehead atoms. The summed E-state index contributed by atoms with van der Waals surface area (Å²) in [5.41, 5.74) is 0. The molecule has 0 rings (SSSR count). The van der Waals surface area contributed by atoms with Crippen LogP contribution in [0.4, 0.5) is 0 Å². The Morgan fingerprint density at radius 1 is 0.442 bits per heavy atom. The van der Waals surface area contributed by atoms with Crippen LogP contribution in [0.15, 0.2) is 12.2 Å². The van der Waals surface area contributed by atoms with Crippen molar-refractivity contribution < 1.29 is 15.0 Å². The van der Waals surface area contributed by atoms with Gasteiger partial charge in [0.2, 0.25) is 5.91 Å². The predicted molar refractivity (Wildman–Crippen MR) is 230 cm³/mol. The molecule has 52 heavy (non-hydrogen) atoms. The minimum atomic E-state index is -0.659. The average Bonchev–Trinajstić information content (AvgIpc) is 3.15. The Kier molecular flexibility index (Phi) is 43.8. The van der Waals surface area contributed by atoms with Crippen LogP contribution in [0.1, 0.15) is 271 Å². The lowest BCUT2D eigenvalue weighted by Crippen LogP contribution is -2.45. The molecule has 0 saturated heterocycles. The molecule has 0 radical (unpaired) electrons. The second kappa shape index (κ2) is 44.5. The third-order valence-electron chi connectivity index (χ3n) is 11.3. The molecular formula is C48H95NO3. The van der Waals surface area contributed by atoms with Crippen molar-refractivity contribution in [2.45, 2.75) is 283 Å². The van der Waals surface area contributed by atoms with Crippen molar-refractivity contribution in [3.63, 3.8) is 0 Å². The highest BCUT2D eigenvalue weighted by atomic mass is 16.3. The lowest BCUT2D eigenvalue weighted by molar-refractivity contribution is -0.123. The van der Waals surface area contributed by atoms with E-state index < -0.39 is 12.1 Å². The number of aliphatic hydroxyl groups excluding tert-OH is 2. The molecule has 0 aliphatic carbocycles. The molecule has 4 heteroatoms. The molecule has 4 nitrogen and oxygen atoms in total. The monoisotopic (exact) mass is 734 g/mol. The first-order valence-corrected chi connectivity index (χ1v) is 23.9. The van der Waals surface area contributed by atoms with E-state index in [1.54, 1.807) is 0 Å². The topological polar surface area (TPSA) is 69.6 Å². The van der Waals surface area contributed by atoms with Crippen molar-refractivity contribution in [1.29, 1.82) is 0 Å². The third-order valence-corrected chi connectivity index (χ3v) is 11.3. The Morgan fingerprint density at radius 2 is 0.750 bits per heavy atom. The van der Waals surface area contributed by atoms with Crippen molar-refractivity contribution in [1.82, 2.24) is 5.32 Å². The highest BCUT2D eigenvalue weighted by Gasteiger charge is 2.20. The Labute approximate surface area is 327 Å². The number of allylic oxidation sites excluding steroid dienone is 2. The summed E-state index contributed by atoms with van der Waals surface area (Å²) in [5, 5.41) is 23.1. The number of carbonyl (C=O) groups excluding carboxylic acids is 1. The first-order valence-electron chi connectivity index (χ1n) is 23.9. The number of hydrogen-bond acceptors (Lipinski definition) is 3. The fraction of sp³-hybridized carbons (Fsp3) is 0.938. The molecule has 0 aromatic heterocycles. The van der Waals surface area contributed by atoms with E-state index in [2.05, 4.69) is 31.3 Å². The van der Waals surface area contributed by atoms with Gasteiger partial charge in [0.1, 0.15) is 0 Å². The fourth-order valence-corrected chi connectivity index (χ4v) is 7.58. The zero-order valence-electron chi connectivity index (χ0n) is 35.6. The summed E-state index contributed by atoms with van der Waals surface area (Å²) in [7, 11) is 0. The SMILES string of the molecule is CCCC/C=C\CCCCCCCC(=O)NC(CO)C(O)CCCCCCCCCCCCCCCCCCCCCCCCCCCCCCC. The summed E-state index contributed by atoms with van der Waals surface area (Å²) in [5.74, 6) is -0.0393. The molecule has 0 spiro atoms. The van der Waals surface area contributed by atoms with E-state index in [0.29, 0.717) is 12.8 Å². The van der Waals surface area contributed by atoms with Gasteiger partial charge in [-0.1, -0.05) is 244 Å². The Bertz CT molecular complexity index is 710. The maximum absolute atomic E-state index is 12.3. The van der Waals surface area contributed by atoms with Crippen LogP contribution in [0.5, 0.6) is 0 Å². The van der Waals surface area contributed by atoms with E-state index in [1.807, 2.05) is 0 Å². The van der Waals surface area contributed by atoms with E-state index in [4.69, 9.17) is 0 Å². The van der Waals surface area contributed by atoms with Gasteiger partial charge in [0.15, 0.2) is 0 Å². The van der Waals surface area contributed by atoms with Gasteiger partial charge in [-0.15, -0.1) is 0 Å². The summed E-state index contributed by atoms with van der Waals surface area (Å²) in [6.07, 6.45) is 56.1. The lowest BCUT2D eigenvalue weighted by Gasteiger charge is -2.22. The number of aliphatic hydroxyl groups is 2. The Morgan fingerprint density at radius 3 is 1.12 bits per heavy atom. The maximum atomic E-state index is 12.3. The summed E-state index contributed by atoms with van der Waals surface area (Å²) in [6.45, 7) is 4.33. The van der Waals surface area contributed by atoms with Crippen molar-refractivity contribution in [2.75, 3.05) is 6.61 Å². The molecule has 2 unspecified atom stereocenters. The summed E-state index contributed by atoms with van der Waals surface area (Å²) in [6, 6.07) is -0.536. The Balaban J connectivity index is 3.38. The molecule has 0 aliphatic heterocycles. The van der Waals surface area contributed by atoms with Crippen LogP contribution >= 0.6 is 0 Å². The summed E-state index contributed by atoms with van der Waals surface area (Å²) in [4.78, 5) is 12.3. The quantitative estimate of drug-likeness (QED) is 0.0431. The summed E-state index contributed by atoms with van der Waals surface area (Å²) >= 11 is 0. The number of amides is 1. The van der Waals surface area contributed by atoms with Crippen molar-refractivity contribution in [3.8, 4) is 0 Å². The molecule has 0 saturated carbocycles. The van der Waals surface area contributed by atoms with Gasteiger partial charge in [-0.3, -0.25) is 4.79 Å². The van der Waals surface area contributed by atoms with Crippen molar-refractivity contribution in [2.24, 2.45) is 0 Å². The molecule has 0 aliphatic rings. The molecule has 0 aromatic rings. The number of hydrogen-bond donors (Lipinski definition) is 3. The molecule has 3 N–H and O–H groups in total. The zero-order chi connectivity index (χ0) is 37.8. The van der Waals surface area contributed by atoms with Crippen LogP contribution in [0.3, 0.4) is 0 Å². The number of unbranched alkanes of at least 4 members (excludes halogenated alkanes) is 35. The summed E-state index contributed by atoms with van der Waals surface area (Å²) < 4.78 is 0. The minimum Gasteiger partial charge on any atom is -0.394 e. The molecule has 310 valence electrons. The van der Waals surface area contributed by atoms with Crippen LogP contribution in [0, 0.1) is 0 Å². The first kappa shape index (κ1) is 51.1. The van der Waals surface area contributed by atoms with Crippen LogP contribution in [0.2, 0.25) is 0 Å². The highest BCUT2D eigenvalue weighted by molar-refractivity contribution is 5.76. The van der Waals surface area contributed by atoms with Crippen molar-refractivity contribution >= 4 is 5.91 Å². The number of carbonyl (C=O) groups is 1. The molecule has 0 aromatic carbocycles. The van der Waals surface area contributed by atoms with Gasteiger partial charge in [-0.2, -0.15) is 0 Å². The molecule has 0 fully saturated rings. The third kappa shape index (κ3) is 40.3. The zero-order valence-corrected chi connectivity index (χ0v) is 35.6. The highest BCUT2D eigenvalue weighted by Crippen LogP contribution is 2.17. The van der Waals surface area contributed by atoms with Gasteiger partial charge < -0.3 is 15.5 Å². The largest absolute Gasteiger partial charge is 0.394 e. The predicted octanol–water partition coefficient (Wildman–Crippen LogP) is 15.0. The average molecular weight is 734 g/mol. The van der Waals surface area contributed by atoms with Gasteiger partial charge >= 0.3 is 0 Å². The molecule has 2 atom stereocenters. The van der Waals surface area contributed by atoms with Crippen LogP contribution < -0.4 is 5.32 Å². The maximum Gasteiger partial charge on any atom is 0.220 e. The van der Waals surface area contributed by atoms with E-state index >= 15 is 0 Å². The number of nitrogens with one attached hydrogen (secondary N) is 1. The minimum absolute atomic E-state index is 0.0393. The van der Waals surface area contributed by atoms with Crippen LogP contribution in [0.25, 0.3) is 0 Å². The first-order chi connectivity index (χ1) is 25.7. The van der Waals surface area contributed by atoms with E-state index in [0.717, 1.165) is 25.7 Å². The molecule has 1 amide bonds. The van der Waals surface area contributed by atoms with Gasteiger partial charge in [-0.05, 0) is 32.1 Å². The van der Waals surface area contributed by atoms with Gasteiger partial charge in [0.05, 0.1) is 18.8 Å². The lowest BCUT2D eigenvalue weighted by atomic mass is 10.0.